The lowest BCUT2D eigenvalue weighted by atomic mass is 9.98. The number of fused-ring (bicyclic) bond motifs is 1. The van der Waals surface area contributed by atoms with Crippen molar-refractivity contribution in [3.8, 4) is 17.4 Å². The SMILES string of the molecule is CCCCOC(=O)c1nc(O)c2ccc(OC3CCCCC3)cc2c1O. The maximum absolute atomic E-state index is 12.2. The highest BCUT2D eigenvalue weighted by Gasteiger charge is 2.21. The van der Waals surface area contributed by atoms with Gasteiger partial charge in [0.15, 0.2) is 11.4 Å². The Labute approximate surface area is 152 Å². The van der Waals surface area contributed by atoms with Crippen molar-refractivity contribution >= 4 is 16.7 Å². The van der Waals surface area contributed by atoms with Crippen LogP contribution in [0.2, 0.25) is 0 Å². The topological polar surface area (TPSA) is 88.9 Å². The molecule has 0 radical (unpaired) electrons. The van der Waals surface area contributed by atoms with E-state index in [0.29, 0.717) is 16.5 Å². The standard InChI is InChI=1S/C20H25NO5/c1-2-3-11-25-20(24)17-18(22)16-12-14(9-10-15(16)19(23)21-17)26-13-7-5-4-6-8-13/h9-10,12-13,22H,2-8,11H2,1H3,(H,21,23). The summed E-state index contributed by atoms with van der Waals surface area (Å²) in [6.07, 6.45) is 7.35. The summed E-state index contributed by atoms with van der Waals surface area (Å²) in [5.41, 5.74) is -0.277. The van der Waals surface area contributed by atoms with Crippen molar-refractivity contribution in [1.29, 1.82) is 0 Å². The zero-order chi connectivity index (χ0) is 18.5. The Bertz CT molecular complexity index is 783. The zero-order valence-electron chi connectivity index (χ0n) is 15.0. The Morgan fingerprint density at radius 1 is 1.19 bits per heavy atom. The third kappa shape index (κ3) is 4.00. The molecular weight excluding hydrogens is 334 g/mol. The van der Waals surface area contributed by atoms with E-state index >= 15 is 0 Å². The molecule has 1 aromatic heterocycles. The van der Waals surface area contributed by atoms with Gasteiger partial charge in [-0.15, -0.1) is 0 Å². The molecule has 140 valence electrons. The number of nitrogens with zero attached hydrogens (tertiary/aromatic N) is 1. The summed E-state index contributed by atoms with van der Waals surface area (Å²) in [6.45, 7) is 2.24. The van der Waals surface area contributed by atoms with Crippen LogP contribution >= 0.6 is 0 Å². The van der Waals surface area contributed by atoms with Gasteiger partial charge in [-0.25, -0.2) is 9.78 Å². The molecule has 1 saturated carbocycles. The first kappa shape index (κ1) is 18.3. The summed E-state index contributed by atoms with van der Waals surface area (Å²) in [4.78, 5) is 16.0. The van der Waals surface area contributed by atoms with Crippen LogP contribution in [0.3, 0.4) is 0 Å². The number of hydrogen-bond acceptors (Lipinski definition) is 6. The summed E-state index contributed by atoms with van der Waals surface area (Å²) in [6, 6.07) is 5.03. The van der Waals surface area contributed by atoms with E-state index in [2.05, 4.69) is 4.98 Å². The molecule has 0 aliphatic heterocycles. The van der Waals surface area contributed by atoms with Gasteiger partial charge in [0.1, 0.15) is 5.75 Å². The van der Waals surface area contributed by atoms with Crippen molar-refractivity contribution in [2.45, 2.75) is 58.0 Å². The van der Waals surface area contributed by atoms with Gasteiger partial charge in [-0.05, 0) is 50.3 Å². The van der Waals surface area contributed by atoms with Crippen molar-refractivity contribution in [3.05, 3.63) is 23.9 Å². The molecule has 1 heterocycles. The van der Waals surface area contributed by atoms with Gasteiger partial charge in [-0.3, -0.25) is 0 Å². The molecule has 2 aromatic rings. The van der Waals surface area contributed by atoms with E-state index < -0.39 is 5.97 Å². The van der Waals surface area contributed by atoms with Gasteiger partial charge in [0.2, 0.25) is 5.88 Å². The molecule has 6 heteroatoms. The fourth-order valence-corrected chi connectivity index (χ4v) is 3.23. The molecule has 1 aromatic carbocycles. The fraction of sp³-hybridized carbons (Fsp3) is 0.500. The lowest BCUT2D eigenvalue weighted by molar-refractivity contribution is 0.0488. The van der Waals surface area contributed by atoms with Gasteiger partial charge >= 0.3 is 5.97 Å². The predicted octanol–water partition coefficient (Wildman–Crippen LogP) is 4.31. The van der Waals surface area contributed by atoms with Crippen molar-refractivity contribution in [2.75, 3.05) is 6.61 Å². The summed E-state index contributed by atoms with van der Waals surface area (Å²) in [7, 11) is 0. The number of pyridine rings is 1. The van der Waals surface area contributed by atoms with Crippen LogP contribution in [0.5, 0.6) is 17.4 Å². The van der Waals surface area contributed by atoms with Gasteiger partial charge in [-0.2, -0.15) is 0 Å². The highest BCUT2D eigenvalue weighted by Crippen LogP contribution is 2.36. The largest absolute Gasteiger partial charge is 0.505 e. The van der Waals surface area contributed by atoms with E-state index in [9.17, 15) is 15.0 Å². The summed E-state index contributed by atoms with van der Waals surface area (Å²) in [5, 5.41) is 21.3. The van der Waals surface area contributed by atoms with Crippen LogP contribution < -0.4 is 4.74 Å². The Hall–Kier alpha value is -2.50. The normalized spacial score (nSPS) is 15.1. The number of aromatic hydroxyl groups is 2. The van der Waals surface area contributed by atoms with E-state index in [1.807, 2.05) is 6.92 Å². The number of carbonyl (C=O) groups excluding carboxylic acids is 1. The van der Waals surface area contributed by atoms with E-state index in [0.717, 1.165) is 38.5 Å². The van der Waals surface area contributed by atoms with Crippen molar-refractivity contribution < 1.29 is 24.5 Å². The predicted molar refractivity (Wildman–Crippen MR) is 97.8 cm³/mol. The third-order valence-electron chi connectivity index (χ3n) is 4.71. The van der Waals surface area contributed by atoms with Crippen molar-refractivity contribution in [1.82, 2.24) is 4.98 Å². The number of hydrogen-bond donors (Lipinski definition) is 2. The number of carbonyl (C=O) groups is 1. The van der Waals surface area contributed by atoms with Gasteiger partial charge in [0, 0.05) is 10.8 Å². The molecule has 0 spiro atoms. The average molecular weight is 359 g/mol. The molecule has 1 aliphatic carbocycles. The van der Waals surface area contributed by atoms with Gasteiger partial charge in [-0.1, -0.05) is 19.8 Å². The zero-order valence-corrected chi connectivity index (χ0v) is 15.0. The molecule has 0 atom stereocenters. The van der Waals surface area contributed by atoms with Crippen LogP contribution in [0.4, 0.5) is 0 Å². The smallest absolute Gasteiger partial charge is 0.360 e. The third-order valence-corrected chi connectivity index (χ3v) is 4.71. The molecule has 3 rings (SSSR count). The Balaban J connectivity index is 1.88. The minimum atomic E-state index is -0.744. The first-order chi connectivity index (χ1) is 12.6. The monoisotopic (exact) mass is 359 g/mol. The summed E-state index contributed by atoms with van der Waals surface area (Å²) in [5.74, 6) is -0.750. The Morgan fingerprint density at radius 3 is 2.69 bits per heavy atom. The molecule has 2 N–H and O–H groups in total. The lowest BCUT2D eigenvalue weighted by Gasteiger charge is -2.23. The van der Waals surface area contributed by atoms with Crippen molar-refractivity contribution in [2.24, 2.45) is 0 Å². The number of ether oxygens (including phenoxy) is 2. The molecule has 0 bridgehead atoms. The second kappa shape index (κ2) is 8.25. The Kier molecular flexibility index (Phi) is 5.81. The second-order valence-electron chi connectivity index (χ2n) is 6.71. The maximum Gasteiger partial charge on any atom is 0.360 e. The summed E-state index contributed by atoms with van der Waals surface area (Å²) >= 11 is 0. The van der Waals surface area contributed by atoms with Gasteiger partial charge < -0.3 is 19.7 Å². The lowest BCUT2D eigenvalue weighted by Crippen LogP contribution is -2.19. The fourth-order valence-electron chi connectivity index (χ4n) is 3.23. The average Bonchev–Trinajstić information content (AvgIpc) is 2.65. The van der Waals surface area contributed by atoms with Crippen LogP contribution in [0.25, 0.3) is 10.8 Å². The number of esters is 1. The van der Waals surface area contributed by atoms with E-state index in [1.165, 1.54) is 6.42 Å². The Morgan fingerprint density at radius 2 is 1.96 bits per heavy atom. The minimum absolute atomic E-state index is 0.164. The molecule has 6 nitrogen and oxygen atoms in total. The van der Waals surface area contributed by atoms with Crippen LogP contribution in [-0.2, 0) is 4.74 Å². The number of benzene rings is 1. The van der Waals surface area contributed by atoms with Crippen LogP contribution in [0.1, 0.15) is 62.4 Å². The second-order valence-corrected chi connectivity index (χ2v) is 6.71. The minimum Gasteiger partial charge on any atom is -0.505 e. The maximum atomic E-state index is 12.2. The quantitative estimate of drug-likeness (QED) is 0.590. The molecule has 0 unspecified atom stereocenters. The highest BCUT2D eigenvalue weighted by molar-refractivity contribution is 6.01. The number of aromatic nitrogens is 1. The number of rotatable bonds is 6. The van der Waals surface area contributed by atoms with E-state index in [4.69, 9.17) is 9.47 Å². The molecular formula is C20H25NO5. The van der Waals surface area contributed by atoms with E-state index in [-0.39, 0.29) is 30.0 Å². The first-order valence-corrected chi connectivity index (χ1v) is 9.29. The molecule has 0 saturated heterocycles. The van der Waals surface area contributed by atoms with Crippen molar-refractivity contribution in [3.63, 3.8) is 0 Å². The van der Waals surface area contributed by atoms with Crippen LogP contribution in [-0.4, -0.2) is 33.9 Å². The first-order valence-electron chi connectivity index (χ1n) is 9.29. The molecule has 0 amide bonds. The van der Waals surface area contributed by atoms with Gasteiger partial charge in [0.05, 0.1) is 12.7 Å². The highest BCUT2D eigenvalue weighted by atomic mass is 16.5. The molecule has 1 fully saturated rings. The molecule has 26 heavy (non-hydrogen) atoms. The van der Waals surface area contributed by atoms with Gasteiger partial charge in [0.25, 0.3) is 0 Å². The van der Waals surface area contributed by atoms with E-state index in [1.54, 1.807) is 18.2 Å². The van der Waals surface area contributed by atoms with Crippen LogP contribution in [0.15, 0.2) is 18.2 Å². The van der Waals surface area contributed by atoms with Crippen LogP contribution in [0, 0.1) is 0 Å². The summed E-state index contributed by atoms with van der Waals surface area (Å²) < 4.78 is 11.1. The molecule has 1 aliphatic rings. The number of unbranched alkanes of at least 4 members (excludes halogenated alkanes) is 1.